The number of allylic oxidation sites excluding steroid dienone is 1. The maximum absolute atomic E-state index is 13.2. The maximum atomic E-state index is 13.2. The van der Waals surface area contributed by atoms with Gasteiger partial charge < -0.3 is 9.88 Å². The fourth-order valence-corrected chi connectivity index (χ4v) is 4.88. The number of aryl methyl sites for hydroxylation is 1. The molecule has 9 heteroatoms. The van der Waals surface area contributed by atoms with E-state index in [-0.39, 0.29) is 30.0 Å². The molecule has 1 aliphatic carbocycles. The first-order valence-electron chi connectivity index (χ1n) is 12.3. The van der Waals surface area contributed by atoms with Crippen LogP contribution in [0, 0.1) is 0 Å². The van der Waals surface area contributed by atoms with Crippen LogP contribution in [-0.4, -0.2) is 32.3 Å². The lowest BCUT2D eigenvalue weighted by Gasteiger charge is -2.21. The Morgan fingerprint density at radius 2 is 1.92 bits per heavy atom. The van der Waals surface area contributed by atoms with Gasteiger partial charge in [0.2, 0.25) is 5.91 Å². The first kappa shape index (κ1) is 24.9. The number of H-pyrrole nitrogens is 1. The summed E-state index contributed by atoms with van der Waals surface area (Å²) < 4.78 is 39.2. The molecule has 37 heavy (non-hydrogen) atoms. The molecule has 1 aliphatic heterocycles. The zero-order valence-corrected chi connectivity index (χ0v) is 20.5. The molecule has 3 heterocycles. The SMILES string of the molecule is C=C(C)c1cccc(C2(c3nc4c(c(=O)[nH]3)CN(C(=O)Cc3cccc(C(F)(F)F)c3)CCC4)CC2)n1. The molecule has 2 aromatic heterocycles. The van der Waals surface area contributed by atoms with Gasteiger partial charge in [-0.25, -0.2) is 4.98 Å². The Bertz CT molecular complexity index is 1440. The summed E-state index contributed by atoms with van der Waals surface area (Å²) >= 11 is 0. The minimum Gasteiger partial charge on any atom is -0.338 e. The van der Waals surface area contributed by atoms with Gasteiger partial charge in [0, 0.05) is 6.54 Å². The summed E-state index contributed by atoms with van der Waals surface area (Å²) in [6, 6.07) is 10.6. The second-order valence-corrected chi connectivity index (χ2v) is 9.90. The lowest BCUT2D eigenvalue weighted by Crippen LogP contribution is -2.34. The number of hydrogen-bond donors (Lipinski definition) is 1. The van der Waals surface area contributed by atoms with E-state index in [4.69, 9.17) is 9.97 Å². The molecule has 0 radical (unpaired) electrons. The maximum Gasteiger partial charge on any atom is 0.416 e. The van der Waals surface area contributed by atoms with Crippen LogP contribution < -0.4 is 5.56 Å². The van der Waals surface area contributed by atoms with E-state index in [1.807, 2.05) is 25.1 Å². The van der Waals surface area contributed by atoms with Gasteiger partial charge in [-0.1, -0.05) is 30.8 Å². The van der Waals surface area contributed by atoms with Crippen LogP contribution in [0.2, 0.25) is 0 Å². The van der Waals surface area contributed by atoms with Crippen LogP contribution in [0.4, 0.5) is 13.2 Å². The summed E-state index contributed by atoms with van der Waals surface area (Å²) in [5.74, 6) is 0.265. The molecule has 0 spiro atoms. The average Bonchev–Trinajstić information content (AvgIpc) is 3.68. The van der Waals surface area contributed by atoms with Crippen molar-refractivity contribution in [2.75, 3.05) is 6.54 Å². The van der Waals surface area contributed by atoms with E-state index >= 15 is 0 Å². The number of aromatic amines is 1. The molecule has 0 bridgehead atoms. The van der Waals surface area contributed by atoms with Crippen LogP contribution in [-0.2, 0) is 35.8 Å². The van der Waals surface area contributed by atoms with Gasteiger partial charge in [0.15, 0.2) is 0 Å². The summed E-state index contributed by atoms with van der Waals surface area (Å²) in [5, 5.41) is 0. The Morgan fingerprint density at radius 3 is 2.62 bits per heavy atom. The van der Waals surface area contributed by atoms with E-state index in [0.29, 0.717) is 36.5 Å². The van der Waals surface area contributed by atoms with Gasteiger partial charge in [0.25, 0.3) is 5.56 Å². The largest absolute Gasteiger partial charge is 0.416 e. The first-order valence-corrected chi connectivity index (χ1v) is 12.3. The third-order valence-corrected chi connectivity index (χ3v) is 7.13. The topological polar surface area (TPSA) is 79.0 Å². The molecule has 0 atom stereocenters. The van der Waals surface area contributed by atoms with Crippen molar-refractivity contribution in [2.45, 2.75) is 57.2 Å². The number of benzene rings is 1. The van der Waals surface area contributed by atoms with Crippen molar-refractivity contribution in [3.63, 3.8) is 0 Å². The molecule has 3 aromatic rings. The number of alkyl halides is 3. The summed E-state index contributed by atoms with van der Waals surface area (Å²) in [7, 11) is 0. The zero-order valence-electron chi connectivity index (χ0n) is 20.5. The Morgan fingerprint density at radius 1 is 1.16 bits per heavy atom. The van der Waals surface area contributed by atoms with Crippen molar-refractivity contribution in [1.29, 1.82) is 0 Å². The van der Waals surface area contributed by atoms with Gasteiger partial charge in [-0.3, -0.25) is 14.6 Å². The Hall–Kier alpha value is -3.75. The second-order valence-electron chi connectivity index (χ2n) is 9.90. The summed E-state index contributed by atoms with van der Waals surface area (Å²) in [6.45, 7) is 6.34. The predicted molar refractivity (Wildman–Crippen MR) is 133 cm³/mol. The van der Waals surface area contributed by atoms with Crippen molar-refractivity contribution < 1.29 is 18.0 Å². The average molecular weight is 509 g/mol. The van der Waals surface area contributed by atoms with Crippen LogP contribution in [0.15, 0.2) is 53.8 Å². The standard InChI is InChI=1S/C28H27F3N4O2/c1-17(2)21-8-4-10-23(32-21)27(11-12-27)26-33-22-9-5-13-35(16-20(22)25(37)34-26)24(36)15-18-6-3-7-19(14-18)28(29,30)31/h3-4,6-8,10,14H,1,5,9,11-13,15-16H2,2H3,(H,33,34,37). The highest BCUT2D eigenvalue weighted by molar-refractivity contribution is 5.79. The van der Waals surface area contributed by atoms with Crippen molar-refractivity contribution in [3.8, 4) is 0 Å². The van der Waals surface area contributed by atoms with Gasteiger partial charge >= 0.3 is 6.18 Å². The summed E-state index contributed by atoms with van der Waals surface area (Å²) in [5.41, 5.74) is 2.37. The zero-order chi connectivity index (χ0) is 26.4. The third-order valence-electron chi connectivity index (χ3n) is 7.13. The minimum atomic E-state index is -4.47. The van der Waals surface area contributed by atoms with E-state index in [9.17, 15) is 22.8 Å². The molecule has 2 aliphatic rings. The Labute approximate surface area is 212 Å². The molecule has 1 saturated carbocycles. The molecular weight excluding hydrogens is 481 g/mol. The lowest BCUT2D eigenvalue weighted by molar-refractivity contribution is -0.138. The molecule has 1 aromatic carbocycles. The van der Waals surface area contributed by atoms with Gasteiger partial charge in [0.1, 0.15) is 5.82 Å². The van der Waals surface area contributed by atoms with Crippen LogP contribution in [0.1, 0.15) is 65.8 Å². The van der Waals surface area contributed by atoms with Crippen LogP contribution in [0.3, 0.4) is 0 Å². The highest BCUT2D eigenvalue weighted by Crippen LogP contribution is 2.51. The number of carbonyl (C=O) groups is 1. The predicted octanol–water partition coefficient (Wildman–Crippen LogP) is 4.81. The quantitative estimate of drug-likeness (QED) is 0.536. The Kier molecular flexibility index (Phi) is 6.25. The number of pyridine rings is 1. The number of nitrogens with zero attached hydrogens (tertiary/aromatic N) is 3. The highest BCUT2D eigenvalue weighted by atomic mass is 19.4. The van der Waals surface area contributed by atoms with Crippen molar-refractivity contribution in [3.05, 3.63) is 99.0 Å². The van der Waals surface area contributed by atoms with Gasteiger partial charge in [-0.2, -0.15) is 13.2 Å². The van der Waals surface area contributed by atoms with E-state index in [1.54, 1.807) is 0 Å². The fraction of sp³-hybridized carbons (Fsp3) is 0.357. The van der Waals surface area contributed by atoms with Crippen molar-refractivity contribution >= 4 is 11.5 Å². The van der Waals surface area contributed by atoms with Gasteiger partial charge in [-0.05, 0) is 61.9 Å². The summed E-state index contributed by atoms with van der Waals surface area (Å²) in [4.78, 5) is 40.3. The monoisotopic (exact) mass is 508 g/mol. The van der Waals surface area contributed by atoms with Gasteiger partial charge in [-0.15, -0.1) is 0 Å². The van der Waals surface area contributed by atoms with Crippen LogP contribution in [0.5, 0.6) is 0 Å². The van der Waals surface area contributed by atoms with E-state index < -0.39 is 17.2 Å². The number of nitrogens with one attached hydrogen (secondary N) is 1. The van der Waals surface area contributed by atoms with Crippen molar-refractivity contribution in [2.24, 2.45) is 0 Å². The van der Waals surface area contributed by atoms with E-state index in [1.165, 1.54) is 17.0 Å². The third kappa shape index (κ3) is 4.95. The molecule has 1 amide bonds. The summed E-state index contributed by atoms with van der Waals surface area (Å²) in [6.07, 6.45) is -1.86. The fourth-order valence-electron chi connectivity index (χ4n) is 4.88. The second kappa shape index (κ2) is 9.28. The van der Waals surface area contributed by atoms with E-state index in [0.717, 1.165) is 41.9 Å². The number of fused-ring (bicyclic) bond motifs is 1. The van der Waals surface area contributed by atoms with E-state index in [2.05, 4.69) is 11.6 Å². The number of carbonyl (C=O) groups excluding carboxylic acids is 1. The number of hydrogen-bond acceptors (Lipinski definition) is 4. The molecule has 1 fully saturated rings. The highest BCUT2D eigenvalue weighted by Gasteiger charge is 2.50. The minimum absolute atomic E-state index is 0.0755. The smallest absolute Gasteiger partial charge is 0.338 e. The van der Waals surface area contributed by atoms with Crippen LogP contribution in [0.25, 0.3) is 5.57 Å². The lowest BCUT2D eigenvalue weighted by atomic mass is 9.99. The molecular formula is C28H27F3N4O2. The van der Waals surface area contributed by atoms with Gasteiger partial charge in [0.05, 0.1) is 46.6 Å². The molecule has 1 N–H and O–H groups in total. The molecule has 192 valence electrons. The normalized spacial score (nSPS) is 16.6. The number of rotatable bonds is 5. The molecule has 5 rings (SSSR count). The van der Waals surface area contributed by atoms with Crippen LogP contribution >= 0.6 is 0 Å². The number of halogens is 3. The first-order chi connectivity index (χ1) is 17.6. The molecule has 0 saturated heterocycles. The molecule has 0 unspecified atom stereocenters. The number of amides is 1. The van der Waals surface area contributed by atoms with Crippen molar-refractivity contribution in [1.82, 2.24) is 19.9 Å². The molecule has 6 nitrogen and oxygen atoms in total. The Balaban J connectivity index is 1.39. The number of aromatic nitrogens is 3.